The van der Waals surface area contributed by atoms with Crippen LogP contribution in [0.1, 0.15) is 17.4 Å². The smallest absolute Gasteiger partial charge is 0.273 e. The summed E-state index contributed by atoms with van der Waals surface area (Å²) < 4.78 is 2.49. The van der Waals surface area contributed by atoms with Gasteiger partial charge in [-0.25, -0.2) is 9.97 Å². The van der Waals surface area contributed by atoms with E-state index in [9.17, 15) is 4.79 Å². The minimum absolute atomic E-state index is 0.187. The molecule has 0 aliphatic carbocycles. The zero-order valence-electron chi connectivity index (χ0n) is 9.22. The van der Waals surface area contributed by atoms with Gasteiger partial charge >= 0.3 is 0 Å². The predicted molar refractivity (Wildman–Crippen MR) is 67.8 cm³/mol. The Balaban J connectivity index is 2.14. The molecule has 0 radical (unpaired) electrons. The van der Waals surface area contributed by atoms with Crippen molar-refractivity contribution in [2.75, 3.05) is 5.32 Å². The molecule has 0 saturated carbocycles. The molecular formula is C11H11BrN4O. The number of nitrogens with zero attached hydrogens (tertiary/aromatic N) is 3. The van der Waals surface area contributed by atoms with Gasteiger partial charge in [-0.05, 0) is 35.0 Å². The van der Waals surface area contributed by atoms with Crippen molar-refractivity contribution in [3.05, 3.63) is 41.0 Å². The van der Waals surface area contributed by atoms with Crippen molar-refractivity contribution >= 4 is 27.7 Å². The number of halogens is 1. The molecule has 0 saturated heterocycles. The summed E-state index contributed by atoms with van der Waals surface area (Å²) in [6, 6.07) is 3.61. The second-order valence-corrected chi connectivity index (χ2v) is 4.17. The van der Waals surface area contributed by atoms with Crippen LogP contribution in [0.2, 0.25) is 0 Å². The third-order valence-corrected chi connectivity index (χ3v) is 2.67. The molecule has 1 amide bonds. The Bertz CT molecular complexity index is 521. The van der Waals surface area contributed by atoms with Crippen LogP contribution >= 0.6 is 15.9 Å². The van der Waals surface area contributed by atoms with Crippen LogP contribution in [0.4, 0.5) is 5.82 Å². The summed E-state index contributed by atoms with van der Waals surface area (Å²) in [7, 11) is 0. The number of hydrogen-bond acceptors (Lipinski definition) is 3. The van der Waals surface area contributed by atoms with Gasteiger partial charge in [0.25, 0.3) is 5.91 Å². The molecule has 0 atom stereocenters. The Morgan fingerprint density at radius 3 is 2.94 bits per heavy atom. The first-order valence-electron chi connectivity index (χ1n) is 5.14. The van der Waals surface area contributed by atoms with E-state index in [1.54, 1.807) is 6.07 Å². The molecule has 17 heavy (non-hydrogen) atoms. The van der Waals surface area contributed by atoms with Crippen molar-refractivity contribution in [3.8, 4) is 0 Å². The monoisotopic (exact) mass is 294 g/mol. The molecule has 6 heteroatoms. The van der Waals surface area contributed by atoms with Crippen molar-refractivity contribution in [1.82, 2.24) is 14.5 Å². The van der Waals surface area contributed by atoms with Crippen LogP contribution in [-0.4, -0.2) is 20.4 Å². The van der Waals surface area contributed by atoms with E-state index in [0.29, 0.717) is 16.1 Å². The summed E-state index contributed by atoms with van der Waals surface area (Å²) >= 11 is 3.18. The van der Waals surface area contributed by atoms with Gasteiger partial charge in [0, 0.05) is 12.7 Å². The number of hydrogen-bond donors (Lipinski definition) is 1. The fourth-order valence-corrected chi connectivity index (χ4v) is 1.66. The van der Waals surface area contributed by atoms with E-state index in [1.807, 2.05) is 23.8 Å². The SMILES string of the molecule is CCn1cccc1C(=O)Nc1cnc(Br)cn1. The second kappa shape index (κ2) is 5.09. The number of rotatable bonds is 3. The van der Waals surface area contributed by atoms with Crippen LogP contribution in [0.3, 0.4) is 0 Å². The number of anilines is 1. The Morgan fingerprint density at radius 1 is 1.47 bits per heavy atom. The molecule has 0 bridgehead atoms. The summed E-state index contributed by atoms with van der Waals surface area (Å²) in [5, 5.41) is 2.69. The minimum Gasteiger partial charge on any atom is -0.344 e. The first-order valence-corrected chi connectivity index (χ1v) is 5.94. The maximum absolute atomic E-state index is 11.9. The number of carbonyl (C=O) groups is 1. The van der Waals surface area contributed by atoms with E-state index in [1.165, 1.54) is 12.4 Å². The van der Waals surface area contributed by atoms with E-state index < -0.39 is 0 Å². The normalized spacial score (nSPS) is 10.2. The fourth-order valence-electron chi connectivity index (χ4n) is 1.45. The quantitative estimate of drug-likeness (QED) is 0.945. The maximum atomic E-state index is 11.9. The number of aryl methyl sites for hydroxylation is 1. The van der Waals surface area contributed by atoms with Crippen molar-refractivity contribution in [3.63, 3.8) is 0 Å². The molecule has 0 fully saturated rings. The zero-order valence-corrected chi connectivity index (χ0v) is 10.8. The molecule has 1 N–H and O–H groups in total. The van der Waals surface area contributed by atoms with Crippen molar-refractivity contribution in [2.24, 2.45) is 0 Å². The largest absolute Gasteiger partial charge is 0.344 e. The first kappa shape index (κ1) is 11.8. The molecule has 5 nitrogen and oxygen atoms in total. The van der Waals surface area contributed by atoms with Gasteiger partial charge in [-0.1, -0.05) is 0 Å². The van der Waals surface area contributed by atoms with E-state index >= 15 is 0 Å². The van der Waals surface area contributed by atoms with E-state index in [-0.39, 0.29) is 5.91 Å². The lowest BCUT2D eigenvalue weighted by molar-refractivity contribution is 0.101. The summed E-state index contributed by atoms with van der Waals surface area (Å²) in [5.74, 6) is 0.246. The molecular weight excluding hydrogens is 284 g/mol. The Morgan fingerprint density at radius 2 is 2.29 bits per heavy atom. The third kappa shape index (κ3) is 2.71. The standard InChI is InChI=1S/C11H11BrN4O/c1-2-16-5-3-4-8(16)11(17)15-10-7-13-9(12)6-14-10/h3-7H,2H2,1H3,(H,14,15,17). The number of amides is 1. The van der Waals surface area contributed by atoms with Gasteiger partial charge in [0.05, 0.1) is 12.4 Å². The Kier molecular flexibility index (Phi) is 3.53. The van der Waals surface area contributed by atoms with Gasteiger partial charge in [0.15, 0.2) is 5.82 Å². The summed E-state index contributed by atoms with van der Waals surface area (Å²) in [5.41, 5.74) is 0.609. The fraction of sp³-hybridized carbons (Fsp3) is 0.182. The van der Waals surface area contributed by atoms with Crippen LogP contribution in [-0.2, 0) is 6.54 Å². The Hall–Kier alpha value is -1.69. The zero-order chi connectivity index (χ0) is 12.3. The van der Waals surface area contributed by atoms with Crippen LogP contribution in [0, 0.1) is 0 Å². The molecule has 0 aliphatic rings. The number of nitrogens with one attached hydrogen (secondary N) is 1. The van der Waals surface area contributed by atoms with Crippen molar-refractivity contribution in [1.29, 1.82) is 0 Å². The highest BCUT2D eigenvalue weighted by Gasteiger charge is 2.10. The van der Waals surface area contributed by atoms with E-state index in [4.69, 9.17) is 0 Å². The average molecular weight is 295 g/mol. The first-order chi connectivity index (χ1) is 8.20. The molecule has 2 rings (SSSR count). The van der Waals surface area contributed by atoms with Crippen molar-refractivity contribution in [2.45, 2.75) is 13.5 Å². The Labute approximate surface area is 107 Å². The van der Waals surface area contributed by atoms with Gasteiger partial charge in [0.1, 0.15) is 10.3 Å². The van der Waals surface area contributed by atoms with Gasteiger partial charge < -0.3 is 9.88 Å². The van der Waals surface area contributed by atoms with E-state index in [0.717, 1.165) is 6.54 Å². The van der Waals surface area contributed by atoms with Crippen LogP contribution < -0.4 is 5.32 Å². The highest BCUT2D eigenvalue weighted by Crippen LogP contribution is 2.09. The lowest BCUT2D eigenvalue weighted by atomic mass is 10.4. The molecule has 0 aromatic carbocycles. The maximum Gasteiger partial charge on any atom is 0.273 e. The van der Waals surface area contributed by atoms with Gasteiger partial charge in [-0.3, -0.25) is 4.79 Å². The highest BCUT2D eigenvalue weighted by atomic mass is 79.9. The van der Waals surface area contributed by atoms with Gasteiger partial charge in [-0.15, -0.1) is 0 Å². The summed E-state index contributed by atoms with van der Waals surface area (Å²) in [4.78, 5) is 20.0. The van der Waals surface area contributed by atoms with Crippen LogP contribution in [0.15, 0.2) is 35.3 Å². The predicted octanol–water partition coefficient (Wildman–Crippen LogP) is 2.31. The third-order valence-electron chi connectivity index (χ3n) is 2.26. The molecule has 0 aliphatic heterocycles. The lowest BCUT2D eigenvalue weighted by Crippen LogP contribution is -2.17. The topological polar surface area (TPSA) is 59.8 Å². The molecule has 0 unspecified atom stereocenters. The lowest BCUT2D eigenvalue weighted by Gasteiger charge is -2.06. The molecule has 0 spiro atoms. The molecule has 2 aromatic heterocycles. The molecule has 88 valence electrons. The number of carbonyl (C=O) groups excluding carboxylic acids is 1. The van der Waals surface area contributed by atoms with Gasteiger partial charge in [0.2, 0.25) is 0 Å². The summed E-state index contributed by atoms with van der Waals surface area (Å²) in [6.07, 6.45) is 4.90. The van der Waals surface area contributed by atoms with Gasteiger partial charge in [-0.2, -0.15) is 0 Å². The van der Waals surface area contributed by atoms with E-state index in [2.05, 4.69) is 31.2 Å². The molecule has 2 aromatic rings. The van der Waals surface area contributed by atoms with Crippen LogP contribution in [0.25, 0.3) is 0 Å². The van der Waals surface area contributed by atoms with Crippen molar-refractivity contribution < 1.29 is 4.79 Å². The summed E-state index contributed by atoms with van der Waals surface area (Å²) in [6.45, 7) is 2.73. The second-order valence-electron chi connectivity index (χ2n) is 3.36. The average Bonchev–Trinajstić information content (AvgIpc) is 2.80. The highest BCUT2D eigenvalue weighted by molar-refractivity contribution is 9.10. The molecule has 2 heterocycles. The minimum atomic E-state index is -0.187. The number of aromatic nitrogens is 3. The van der Waals surface area contributed by atoms with Crippen LogP contribution in [0.5, 0.6) is 0 Å².